The lowest BCUT2D eigenvalue weighted by molar-refractivity contribution is -0.146. The van der Waals surface area contributed by atoms with Crippen molar-refractivity contribution in [3.63, 3.8) is 0 Å². The quantitative estimate of drug-likeness (QED) is 0.522. The number of halogens is 1. The number of carbonyl (C=O) groups is 2. The minimum absolute atomic E-state index is 0.888. The lowest BCUT2D eigenvalue weighted by Crippen LogP contribution is -2.22. The Labute approximate surface area is 45.1 Å². The fraction of sp³-hybridized carbons (Fsp3) is 0.500. The van der Waals surface area contributed by atoms with Crippen molar-refractivity contribution in [2.75, 3.05) is 0 Å². The number of Topliss-reactive ketones (excluding diaryl/α,β-unsaturated/α-hetero) is 1. The normalized spacial score (nSPS) is 12.8. The number of aliphatic carboxylic acids is 1. The van der Waals surface area contributed by atoms with E-state index in [0.717, 1.165) is 6.92 Å². The molecule has 0 amide bonds. The highest BCUT2D eigenvalue weighted by Crippen LogP contribution is 1.90. The molecule has 8 heavy (non-hydrogen) atoms. The highest BCUT2D eigenvalue weighted by atomic mass is 19.1. The molecule has 0 spiro atoms. The van der Waals surface area contributed by atoms with Gasteiger partial charge in [-0.2, -0.15) is 0 Å². The molecule has 0 fully saturated rings. The molecule has 0 aromatic heterocycles. The molecule has 46 valence electrons. The predicted octanol–water partition coefficient (Wildman–Crippen LogP) is -0.00190. The Morgan fingerprint density at radius 3 is 2.00 bits per heavy atom. The highest BCUT2D eigenvalue weighted by molar-refractivity contribution is 5.99. The molecule has 0 heterocycles. The van der Waals surface area contributed by atoms with E-state index in [1.54, 1.807) is 0 Å². The van der Waals surface area contributed by atoms with Crippen molar-refractivity contribution >= 4 is 11.8 Å². The maximum Gasteiger partial charge on any atom is 0.346 e. The standard InChI is InChI=1S/C4H5FO3/c1-2(6)3(5)4(7)8/h3H,1H3,(H,7,8)/t3-/m0/s1. The molecule has 4 heteroatoms. The maximum atomic E-state index is 11.7. The molecular formula is C4H5FO3. The van der Waals surface area contributed by atoms with Crippen LogP contribution in [0.15, 0.2) is 0 Å². The first-order chi connectivity index (χ1) is 3.55. The van der Waals surface area contributed by atoms with Gasteiger partial charge in [-0.05, 0) is 6.92 Å². The van der Waals surface area contributed by atoms with E-state index in [-0.39, 0.29) is 0 Å². The molecule has 0 saturated carbocycles. The number of alkyl halides is 1. The number of rotatable bonds is 2. The summed E-state index contributed by atoms with van der Waals surface area (Å²) in [6.45, 7) is 0.888. The van der Waals surface area contributed by atoms with E-state index in [0.29, 0.717) is 0 Å². The number of carboxylic acid groups (broad SMARTS) is 1. The minimum Gasteiger partial charge on any atom is -0.479 e. The summed E-state index contributed by atoms with van der Waals surface area (Å²) < 4.78 is 11.7. The molecule has 0 unspecified atom stereocenters. The summed E-state index contributed by atoms with van der Waals surface area (Å²) in [7, 11) is 0. The Hall–Kier alpha value is -0.930. The molecule has 1 atom stereocenters. The summed E-state index contributed by atoms with van der Waals surface area (Å²) in [5.41, 5.74) is 0. The van der Waals surface area contributed by atoms with Gasteiger partial charge >= 0.3 is 5.97 Å². The fourth-order valence-corrected chi connectivity index (χ4v) is 0.174. The number of hydrogen-bond donors (Lipinski definition) is 1. The SMILES string of the molecule is CC(=O)[C@H](F)C(=O)O. The monoisotopic (exact) mass is 120 g/mol. The third kappa shape index (κ3) is 1.68. The highest BCUT2D eigenvalue weighted by Gasteiger charge is 2.19. The van der Waals surface area contributed by atoms with Crippen molar-refractivity contribution < 1.29 is 19.1 Å². The first-order valence-electron chi connectivity index (χ1n) is 1.93. The van der Waals surface area contributed by atoms with E-state index in [9.17, 15) is 14.0 Å². The van der Waals surface area contributed by atoms with Crippen LogP contribution in [0, 0.1) is 0 Å². The first kappa shape index (κ1) is 7.07. The zero-order valence-electron chi connectivity index (χ0n) is 4.22. The smallest absolute Gasteiger partial charge is 0.346 e. The maximum absolute atomic E-state index is 11.7. The van der Waals surface area contributed by atoms with Gasteiger partial charge in [0.05, 0.1) is 0 Å². The predicted molar refractivity (Wildman–Crippen MR) is 23.2 cm³/mol. The Kier molecular flexibility index (Phi) is 2.12. The second-order valence-corrected chi connectivity index (χ2v) is 1.31. The molecule has 0 aromatic carbocycles. The molecule has 0 saturated heterocycles. The van der Waals surface area contributed by atoms with Crippen LogP contribution in [0.3, 0.4) is 0 Å². The van der Waals surface area contributed by atoms with E-state index < -0.39 is 17.9 Å². The molecule has 0 aromatic rings. The molecule has 0 radical (unpaired) electrons. The van der Waals surface area contributed by atoms with Gasteiger partial charge in [0.15, 0.2) is 5.78 Å². The lowest BCUT2D eigenvalue weighted by Gasteiger charge is -1.92. The summed E-state index contributed by atoms with van der Waals surface area (Å²) in [6.07, 6.45) is -2.35. The Balaban J connectivity index is 3.83. The van der Waals surface area contributed by atoms with Crippen molar-refractivity contribution in [2.24, 2.45) is 0 Å². The van der Waals surface area contributed by atoms with Crippen LogP contribution in [0.4, 0.5) is 4.39 Å². The minimum atomic E-state index is -2.35. The van der Waals surface area contributed by atoms with Crippen LogP contribution in [0.25, 0.3) is 0 Å². The van der Waals surface area contributed by atoms with Crippen LogP contribution in [-0.4, -0.2) is 23.0 Å². The summed E-state index contributed by atoms with van der Waals surface area (Å²) in [6, 6.07) is 0. The van der Waals surface area contributed by atoms with Gasteiger partial charge in [-0.15, -0.1) is 0 Å². The van der Waals surface area contributed by atoms with Crippen LogP contribution in [-0.2, 0) is 9.59 Å². The lowest BCUT2D eigenvalue weighted by atomic mass is 10.3. The zero-order chi connectivity index (χ0) is 6.73. The molecule has 0 rings (SSSR count). The van der Waals surface area contributed by atoms with Crippen LogP contribution >= 0.6 is 0 Å². The third-order valence-corrected chi connectivity index (χ3v) is 0.574. The van der Waals surface area contributed by atoms with Crippen molar-refractivity contribution in [3.05, 3.63) is 0 Å². The summed E-state index contributed by atoms with van der Waals surface area (Å²) >= 11 is 0. The van der Waals surface area contributed by atoms with E-state index in [4.69, 9.17) is 5.11 Å². The fourth-order valence-electron chi connectivity index (χ4n) is 0.174. The summed E-state index contributed by atoms with van der Waals surface area (Å²) in [5.74, 6) is -2.70. The average molecular weight is 120 g/mol. The average Bonchev–Trinajstić information content (AvgIpc) is 1.64. The Morgan fingerprint density at radius 1 is 1.62 bits per heavy atom. The van der Waals surface area contributed by atoms with E-state index in [1.807, 2.05) is 0 Å². The Morgan fingerprint density at radius 2 is 2.00 bits per heavy atom. The topological polar surface area (TPSA) is 54.4 Å². The summed E-state index contributed by atoms with van der Waals surface area (Å²) in [5, 5.41) is 7.76. The van der Waals surface area contributed by atoms with Gasteiger partial charge in [0.2, 0.25) is 0 Å². The van der Waals surface area contributed by atoms with Crippen molar-refractivity contribution in [1.29, 1.82) is 0 Å². The number of hydrogen-bond acceptors (Lipinski definition) is 2. The van der Waals surface area contributed by atoms with E-state index >= 15 is 0 Å². The molecule has 3 nitrogen and oxygen atoms in total. The third-order valence-electron chi connectivity index (χ3n) is 0.574. The van der Waals surface area contributed by atoms with Gasteiger partial charge in [-0.3, -0.25) is 4.79 Å². The van der Waals surface area contributed by atoms with Gasteiger partial charge in [-0.25, -0.2) is 9.18 Å². The largest absolute Gasteiger partial charge is 0.479 e. The van der Waals surface area contributed by atoms with E-state index in [1.165, 1.54) is 0 Å². The van der Waals surface area contributed by atoms with Crippen molar-refractivity contribution in [1.82, 2.24) is 0 Å². The molecule has 0 bridgehead atoms. The van der Waals surface area contributed by atoms with Gasteiger partial charge < -0.3 is 5.11 Å². The van der Waals surface area contributed by atoms with Crippen LogP contribution in [0.2, 0.25) is 0 Å². The van der Waals surface area contributed by atoms with Crippen LogP contribution in [0.5, 0.6) is 0 Å². The van der Waals surface area contributed by atoms with Crippen LogP contribution < -0.4 is 0 Å². The second-order valence-electron chi connectivity index (χ2n) is 1.31. The number of ketones is 1. The van der Waals surface area contributed by atoms with Gasteiger partial charge in [0.1, 0.15) is 0 Å². The summed E-state index contributed by atoms with van der Waals surface area (Å²) in [4.78, 5) is 19.4. The number of carbonyl (C=O) groups excluding carboxylic acids is 1. The first-order valence-corrected chi connectivity index (χ1v) is 1.93. The van der Waals surface area contributed by atoms with Gasteiger partial charge in [0.25, 0.3) is 6.17 Å². The second kappa shape index (κ2) is 2.40. The van der Waals surface area contributed by atoms with Gasteiger partial charge in [-0.1, -0.05) is 0 Å². The molecule has 0 aliphatic carbocycles. The van der Waals surface area contributed by atoms with Crippen molar-refractivity contribution in [2.45, 2.75) is 13.1 Å². The van der Waals surface area contributed by atoms with Crippen molar-refractivity contribution in [3.8, 4) is 0 Å². The van der Waals surface area contributed by atoms with Gasteiger partial charge in [0, 0.05) is 0 Å². The van der Waals surface area contributed by atoms with E-state index in [2.05, 4.69) is 0 Å². The molecule has 1 N–H and O–H groups in total. The van der Waals surface area contributed by atoms with Crippen LogP contribution in [0.1, 0.15) is 6.92 Å². The molecule has 0 aliphatic heterocycles. The molecular weight excluding hydrogens is 115 g/mol. The molecule has 0 aliphatic rings. The Bertz CT molecular complexity index is 106. The number of carboxylic acids is 1. The zero-order valence-corrected chi connectivity index (χ0v) is 4.22.